The first-order valence-electron chi connectivity index (χ1n) is 10.3. The van der Waals surface area contributed by atoms with E-state index in [2.05, 4.69) is 5.32 Å². The second-order valence-corrected chi connectivity index (χ2v) is 7.55. The summed E-state index contributed by atoms with van der Waals surface area (Å²) < 4.78 is 21.8. The van der Waals surface area contributed by atoms with Gasteiger partial charge in [0, 0.05) is 36.5 Å². The number of hydrogen-bond acceptors (Lipinski definition) is 6. The van der Waals surface area contributed by atoms with Crippen molar-refractivity contribution in [2.45, 2.75) is 6.42 Å². The van der Waals surface area contributed by atoms with Crippen molar-refractivity contribution in [3.05, 3.63) is 48.0 Å². The van der Waals surface area contributed by atoms with Crippen LogP contribution in [0.15, 0.2) is 42.5 Å². The van der Waals surface area contributed by atoms with Crippen LogP contribution < -0.4 is 24.3 Å². The number of carbonyl (C=O) groups is 1. The molecular formula is C23H25N3O5S. The summed E-state index contributed by atoms with van der Waals surface area (Å²) >= 11 is 5.59. The van der Waals surface area contributed by atoms with Crippen LogP contribution in [0.2, 0.25) is 0 Å². The topological polar surface area (TPSA) is 72.5 Å². The van der Waals surface area contributed by atoms with Crippen LogP contribution in [-0.4, -0.2) is 61.6 Å². The zero-order valence-corrected chi connectivity index (χ0v) is 18.8. The Hall–Kier alpha value is -3.46. The van der Waals surface area contributed by atoms with Crippen LogP contribution in [0.5, 0.6) is 23.0 Å². The van der Waals surface area contributed by atoms with Crippen LogP contribution in [0.25, 0.3) is 6.08 Å². The van der Waals surface area contributed by atoms with Gasteiger partial charge in [-0.2, -0.15) is 0 Å². The predicted octanol–water partition coefficient (Wildman–Crippen LogP) is 3.33. The summed E-state index contributed by atoms with van der Waals surface area (Å²) in [4.78, 5) is 12.9. The Morgan fingerprint density at radius 1 is 1.03 bits per heavy atom. The number of hydrogen-bond donors (Lipinski definition) is 1. The second kappa shape index (κ2) is 9.78. The highest BCUT2D eigenvalue weighted by Crippen LogP contribution is 2.33. The SMILES string of the molecule is COc1ccc(OC)c(C=CC(=O)N2CCCN2C(=S)Nc2ccc3c(c2)OCCO3)c1. The molecule has 1 amide bonds. The van der Waals surface area contributed by atoms with Crippen molar-refractivity contribution in [2.24, 2.45) is 0 Å². The van der Waals surface area contributed by atoms with Crippen LogP contribution in [0, 0.1) is 0 Å². The number of fused-ring (bicyclic) bond motifs is 1. The number of rotatable bonds is 5. The molecule has 0 radical (unpaired) electrons. The van der Waals surface area contributed by atoms with Crippen molar-refractivity contribution < 1.29 is 23.7 Å². The molecule has 2 aromatic rings. The van der Waals surface area contributed by atoms with Crippen molar-refractivity contribution in [1.82, 2.24) is 10.0 Å². The highest BCUT2D eigenvalue weighted by atomic mass is 32.1. The number of nitrogens with one attached hydrogen (secondary N) is 1. The van der Waals surface area contributed by atoms with Crippen molar-refractivity contribution in [3.63, 3.8) is 0 Å². The predicted molar refractivity (Wildman–Crippen MR) is 125 cm³/mol. The lowest BCUT2D eigenvalue weighted by atomic mass is 10.1. The van der Waals surface area contributed by atoms with Crippen LogP contribution in [0.1, 0.15) is 12.0 Å². The smallest absolute Gasteiger partial charge is 0.265 e. The first kappa shape index (κ1) is 21.8. The minimum absolute atomic E-state index is 0.168. The third-order valence-electron chi connectivity index (χ3n) is 5.16. The van der Waals surface area contributed by atoms with E-state index in [-0.39, 0.29) is 5.91 Å². The van der Waals surface area contributed by atoms with Gasteiger partial charge in [-0.05, 0) is 55.0 Å². The molecule has 0 spiro atoms. The number of methoxy groups -OCH3 is 2. The highest BCUT2D eigenvalue weighted by molar-refractivity contribution is 7.80. The van der Waals surface area contributed by atoms with Crippen molar-refractivity contribution in [3.8, 4) is 23.0 Å². The fraction of sp³-hybridized carbons (Fsp3) is 0.304. The lowest BCUT2D eigenvalue weighted by molar-refractivity contribution is -0.133. The van der Waals surface area contributed by atoms with E-state index < -0.39 is 0 Å². The van der Waals surface area contributed by atoms with E-state index in [1.54, 1.807) is 36.4 Å². The molecule has 9 heteroatoms. The molecule has 32 heavy (non-hydrogen) atoms. The number of nitrogens with zero attached hydrogens (tertiary/aromatic N) is 2. The van der Waals surface area contributed by atoms with Gasteiger partial charge < -0.3 is 24.3 Å². The van der Waals surface area contributed by atoms with Gasteiger partial charge in [0.25, 0.3) is 5.91 Å². The fourth-order valence-corrected chi connectivity index (χ4v) is 3.89. The summed E-state index contributed by atoms with van der Waals surface area (Å²) in [6.07, 6.45) is 4.06. The van der Waals surface area contributed by atoms with Crippen LogP contribution >= 0.6 is 12.2 Å². The van der Waals surface area contributed by atoms with Crippen molar-refractivity contribution in [1.29, 1.82) is 0 Å². The summed E-state index contributed by atoms with van der Waals surface area (Å²) in [7, 11) is 3.18. The second-order valence-electron chi connectivity index (χ2n) is 7.17. The van der Waals surface area contributed by atoms with E-state index in [1.165, 1.54) is 6.08 Å². The zero-order valence-electron chi connectivity index (χ0n) is 18.0. The van der Waals surface area contributed by atoms with Gasteiger partial charge in [-0.25, -0.2) is 5.01 Å². The summed E-state index contributed by atoms with van der Waals surface area (Å²) in [5, 5.41) is 7.05. The van der Waals surface area contributed by atoms with Crippen LogP contribution in [-0.2, 0) is 4.79 Å². The Labute approximate surface area is 192 Å². The van der Waals surface area contributed by atoms with Gasteiger partial charge in [0.05, 0.1) is 14.2 Å². The van der Waals surface area contributed by atoms with E-state index in [4.69, 9.17) is 31.2 Å². The van der Waals surface area contributed by atoms with Gasteiger partial charge in [-0.1, -0.05) is 0 Å². The Kier molecular flexibility index (Phi) is 6.65. The Morgan fingerprint density at radius 3 is 2.59 bits per heavy atom. The molecule has 2 aromatic carbocycles. The molecule has 1 saturated heterocycles. The molecule has 1 N–H and O–H groups in total. The summed E-state index contributed by atoms with van der Waals surface area (Å²) in [6.45, 7) is 2.29. The normalized spacial score (nSPS) is 15.1. The maximum absolute atomic E-state index is 12.9. The van der Waals surface area contributed by atoms with Gasteiger partial charge in [-0.3, -0.25) is 9.80 Å². The molecule has 0 atom stereocenters. The molecule has 0 aliphatic carbocycles. The maximum atomic E-state index is 12.9. The number of amides is 1. The number of ether oxygens (including phenoxy) is 4. The van der Waals surface area contributed by atoms with E-state index in [9.17, 15) is 4.79 Å². The number of carbonyl (C=O) groups excluding carboxylic acids is 1. The summed E-state index contributed by atoms with van der Waals surface area (Å²) in [6, 6.07) is 11.0. The minimum atomic E-state index is -0.168. The molecule has 1 fully saturated rings. The van der Waals surface area contributed by atoms with Gasteiger partial charge in [0.15, 0.2) is 16.6 Å². The lowest BCUT2D eigenvalue weighted by Gasteiger charge is -2.29. The molecule has 0 unspecified atom stereocenters. The van der Waals surface area contributed by atoms with E-state index >= 15 is 0 Å². The van der Waals surface area contributed by atoms with Gasteiger partial charge in [0.2, 0.25) is 0 Å². The maximum Gasteiger partial charge on any atom is 0.265 e. The van der Waals surface area contributed by atoms with Gasteiger partial charge in [0.1, 0.15) is 24.7 Å². The number of hydrazine groups is 1. The summed E-state index contributed by atoms with van der Waals surface area (Å²) in [5.41, 5.74) is 1.53. The van der Waals surface area contributed by atoms with Crippen LogP contribution in [0.3, 0.4) is 0 Å². The standard InChI is InChI=1S/C23H25N3O5S/c1-28-18-6-8-19(29-2)16(14-18)4-9-22(27)25-10-3-11-26(25)23(32)24-17-5-7-20-21(15-17)31-13-12-30-20/h4-9,14-15H,3,10-13H2,1-2H3,(H,24,32). The van der Waals surface area contributed by atoms with E-state index in [0.717, 1.165) is 17.7 Å². The zero-order chi connectivity index (χ0) is 22.5. The molecular weight excluding hydrogens is 430 g/mol. The third-order valence-corrected chi connectivity index (χ3v) is 5.47. The first-order chi connectivity index (χ1) is 15.6. The average Bonchev–Trinajstić information content (AvgIpc) is 3.32. The molecule has 0 saturated carbocycles. The van der Waals surface area contributed by atoms with Crippen molar-refractivity contribution >= 4 is 35.0 Å². The van der Waals surface area contributed by atoms with Crippen molar-refractivity contribution in [2.75, 3.05) is 45.8 Å². The molecule has 2 aliphatic heterocycles. The number of benzene rings is 2. The first-order valence-corrected chi connectivity index (χ1v) is 10.7. The third kappa shape index (κ3) is 4.72. The number of thiocarbonyl (C=S) groups is 1. The van der Waals surface area contributed by atoms with Crippen LogP contribution in [0.4, 0.5) is 5.69 Å². The Morgan fingerprint density at radius 2 is 1.81 bits per heavy atom. The average molecular weight is 456 g/mol. The molecule has 2 heterocycles. The van der Waals surface area contributed by atoms with Gasteiger partial charge in [-0.15, -0.1) is 0 Å². The highest BCUT2D eigenvalue weighted by Gasteiger charge is 2.27. The molecule has 0 aromatic heterocycles. The molecule has 4 rings (SSSR count). The van der Waals surface area contributed by atoms with Gasteiger partial charge >= 0.3 is 0 Å². The quantitative estimate of drug-likeness (QED) is 0.544. The molecule has 2 aliphatic rings. The Balaban J connectivity index is 1.44. The Bertz CT molecular complexity index is 1040. The minimum Gasteiger partial charge on any atom is -0.497 e. The largest absolute Gasteiger partial charge is 0.497 e. The summed E-state index contributed by atoms with van der Waals surface area (Å²) in [5.74, 6) is 2.56. The monoisotopic (exact) mass is 455 g/mol. The van der Waals surface area contributed by atoms with E-state index in [0.29, 0.717) is 54.4 Å². The lowest BCUT2D eigenvalue weighted by Crippen LogP contribution is -2.46. The van der Waals surface area contributed by atoms with E-state index in [1.807, 2.05) is 30.3 Å². The number of anilines is 1. The molecule has 0 bridgehead atoms. The molecule has 168 valence electrons. The molecule has 8 nitrogen and oxygen atoms in total. The fourth-order valence-electron chi connectivity index (χ4n) is 3.58.